The van der Waals surface area contributed by atoms with Crippen molar-refractivity contribution in [3.8, 4) is 0 Å². The largest absolute Gasteiger partial charge is 0.392 e. The Morgan fingerprint density at radius 1 is 1.35 bits per heavy atom. The molecular weight excluding hydrogens is 245 g/mol. The number of nitrogens with one attached hydrogen (secondary N) is 1. The van der Waals surface area contributed by atoms with Crippen LogP contribution in [0.1, 0.15) is 26.3 Å². The van der Waals surface area contributed by atoms with E-state index in [1.165, 1.54) is 6.07 Å². The average molecular weight is 261 g/mol. The van der Waals surface area contributed by atoms with Crippen molar-refractivity contribution < 1.29 is 17.9 Å². The van der Waals surface area contributed by atoms with Crippen molar-refractivity contribution in [1.82, 2.24) is 4.72 Å². The molecule has 96 valence electrons. The van der Waals surface area contributed by atoms with E-state index in [0.29, 0.717) is 0 Å². The lowest BCUT2D eigenvalue weighted by Crippen LogP contribution is -2.40. The minimum atomic E-state index is -3.70. The maximum atomic E-state index is 13.1. The Balaban J connectivity index is 3.16. The second-order valence-electron chi connectivity index (χ2n) is 4.77. The van der Waals surface area contributed by atoms with Gasteiger partial charge in [-0.15, -0.1) is 0 Å². The number of rotatable bonds is 3. The molecule has 0 aromatic heterocycles. The Morgan fingerprint density at radius 3 is 2.41 bits per heavy atom. The van der Waals surface area contributed by atoms with Crippen LogP contribution in [0.5, 0.6) is 0 Å². The van der Waals surface area contributed by atoms with Gasteiger partial charge in [-0.2, -0.15) is 0 Å². The smallest absolute Gasteiger partial charge is 0.241 e. The van der Waals surface area contributed by atoms with Gasteiger partial charge in [-0.05, 0) is 39.0 Å². The normalized spacial score (nSPS) is 12.8. The minimum absolute atomic E-state index is 0.0400. The molecule has 0 aliphatic rings. The van der Waals surface area contributed by atoms with Crippen molar-refractivity contribution in [2.24, 2.45) is 0 Å². The summed E-state index contributed by atoms with van der Waals surface area (Å²) in [5.74, 6) is -0.623. The summed E-state index contributed by atoms with van der Waals surface area (Å²) < 4.78 is 39.4. The van der Waals surface area contributed by atoms with E-state index in [4.69, 9.17) is 5.11 Å². The molecule has 0 aliphatic heterocycles. The molecule has 2 N–H and O–H groups in total. The standard InChI is InChI=1S/C11H16FNO3S/c1-11(2,3)13-17(15,16)9-4-5-10(12)8(6-9)7-14/h4-6,13-14H,7H2,1-3H3. The molecule has 0 saturated carbocycles. The van der Waals surface area contributed by atoms with E-state index < -0.39 is 28.0 Å². The van der Waals surface area contributed by atoms with Gasteiger partial charge < -0.3 is 5.11 Å². The molecular formula is C11H16FNO3S. The molecule has 0 heterocycles. The lowest BCUT2D eigenvalue weighted by Gasteiger charge is -2.20. The first kappa shape index (κ1) is 14.1. The number of aliphatic hydroxyl groups is 1. The molecule has 0 spiro atoms. The summed E-state index contributed by atoms with van der Waals surface area (Å²) in [7, 11) is -3.70. The molecule has 17 heavy (non-hydrogen) atoms. The Bertz CT molecular complexity index is 506. The first-order valence-electron chi connectivity index (χ1n) is 5.09. The molecule has 4 nitrogen and oxygen atoms in total. The number of hydrogen-bond acceptors (Lipinski definition) is 3. The Labute approximate surface area is 101 Å². The van der Waals surface area contributed by atoms with Crippen molar-refractivity contribution in [2.75, 3.05) is 0 Å². The van der Waals surface area contributed by atoms with E-state index in [0.717, 1.165) is 12.1 Å². The number of benzene rings is 1. The van der Waals surface area contributed by atoms with E-state index in [-0.39, 0.29) is 10.5 Å². The lowest BCUT2D eigenvalue weighted by molar-refractivity contribution is 0.275. The summed E-state index contributed by atoms with van der Waals surface area (Å²) >= 11 is 0. The average Bonchev–Trinajstić information content (AvgIpc) is 2.14. The van der Waals surface area contributed by atoms with Gasteiger partial charge in [0.05, 0.1) is 11.5 Å². The van der Waals surface area contributed by atoms with Gasteiger partial charge in [0.1, 0.15) is 5.82 Å². The highest BCUT2D eigenvalue weighted by Crippen LogP contribution is 2.17. The number of halogens is 1. The van der Waals surface area contributed by atoms with Crippen LogP contribution in [0.4, 0.5) is 4.39 Å². The van der Waals surface area contributed by atoms with Crippen LogP contribution in [0.3, 0.4) is 0 Å². The fraction of sp³-hybridized carbons (Fsp3) is 0.455. The molecule has 0 radical (unpaired) electrons. The van der Waals surface area contributed by atoms with Crippen LogP contribution in [0.15, 0.2) is 23.1 Å². The van der Waals surface area contributed by atoms with Crippen LogP contribution in [0, 0.1) is 5.82 Å². The Kier molecular flexibility index (Phi) is 3.91. The molecule has 0 bridgehead atoms. The highest BCUT2D eigenvalue weighted by molar-refractivity contribution is 7.89. The zero-order valence-corrected chi connectivity index (χ0v) is 10.8. The fourth-order valence-electron chi connectivity index (χ4n) is 1.30. The van der Waals surface area contributed by atoms with E-state index in [9.17, 15) is 12.8 Å². The zero-order chi connectivity index (χ0) is 13.3. The molecule has 6 heteroatoms. The topological polar surface area (TPSA) is 66.4 Å². The SMILES string of the molecule is CC(C)(C)NS(=O)(=O)c1ccc(F)c(CO)c1. The van der Waals surface area contributed by atoms with Crippen LogP contribution in [0.2, 0.25) is 0 Å². The van der Waals surface area contributed by atoms with Crippen molar-refractivity contribution in [3.63, 3.8) is 0 Å². The van der Waals surface area contributed by atoms with Crippen molar-refractivity contribution in [1.29, 1.82) is 0 Å². The van der Waals surface area contributed by atoms with Crippen LogP contribution in [-0.4, -0.2) is 19.1 Å². The zero-order valence-electron chi connectivity index (χ0n) is 9.99. The minimum Gasteiger partial charge on any atom is -0.392 e. The van der Waals surface area contributed by atoms with Gasteiger partial charge in [-0.1, -0.05) is 0 Å². The fourth-order valence-corrected chi connectivity index (χ4v) is 2.77. The first-order valence-corrected chi connectivity index (χ1v) is 6.57. The van der Waals surface area contributed by atoms with E-state index >= 15 is 0 Å². The molecule has 0 fully saturated rings. The predicted octanol–water partition coefficient (Wildman–Crippen LogP) is 1.39. The predicted molar refractivity (Wildman–Crippen MR) is 62.4 cm³/mol. The number of sulfonamides is 1. The van der Waals surface area contributed by atoms with Gasteiger partial charge in [-0.3, -0.25) is 0 Å². The van der Waals surface area contributed by atoms with Crippen LogP contribution >= 0.6 is 0 Å². The van der Waals surface area contributed by atoms with Gasteiger partial charge in [0.25, 0.3) is 0 Å². The second kappa shape index (κ2) is 4.72. The van der Waals surface area contributed by atoms with Crippen molar-refractivity contribution >= 4 is 10.0 Å². The summed E-state index contributed by atoms with van der Waals surface area (Å²) in [6.45, 7) is 4.59. The number of aliphatic hydroxyl groups excluding tert-OH is 1. The van der Waals surface area contributed by atoms with Crippen LogP contribution in [-0.2, 0) is 16.6 Å². The quantitative estimate of drug-likeness (QED) is 0.864. The van der Waals surface area contributed by atoms with Gasteiger partial charge in [0, 0.05) is 11.1 Å². The Morgan fingerprint density at radius 2 is 1.94 bits per heavy atom. The summed E-state index contributed by atoms with van der Waals surface area (Å²) in [4.78, 5) is -0.0575. The molecule has 0 aliphatic carbocycles. The monoisotopic (exact) mass is 261 g/mol. The van der Waals surface area contributed by atoms with Crippen molar-refractivity contribution in [3.05, 3.63) is 29.6 Å². The highest BCUT2D eigenvalue weighted by Gasteiger charge is 2.22. The molecule has 1 aromatic carbocycles. The maximum absolute atomic E-state index is 13.1. The third-order valence-electron chi connectivity index (χ3n) is 1.94. The molecule has 0 saturated heterocycles. The molecule has 0 unspecified atom stereocenters. The van der Waals surface area contributed by atoms with E-state index in [1.807, 2.05) is 0 Å². The van der Waals surface area contributed by atoms with E-state index in [1.54, 1.807) is 20.8 Å². The molecule has 0 amide bonds. The van der Waals surface area contributed by atoms with Gasteiger partial charge in [0.15, 0.2) is 0 Å². The third-order valence-corrected chi connectivity index (χ3v) is 3.69. The van der Waals surface area contributed by atoms with Crippen LogP contribution < -0.4 is 4.72 Å². The summed E-state index contributed by atoms with van der Waals surface area (Å²) in [5, 5.41) is 8.89. The lowest BCUT2D eigenvalue weighted by atomic mass is 10.1. The summed E-state index contributed by atoms with van der Waals surface area (Å²) in [5.41, 5.74) is -0.658. The maximum Gasteiger partial charge on any atom is 0.241 e. The third kappa shape index (κ3) is 3.76. The summed E-state index contributed by atoms with van der Waals surface area (Å²) in [6.07, 6.45) is 0. The van der Waals surface area contributed by atoms with Gasteiger partial charge in [-0.25, -0.2) is 17.5 Å². The van der Waals surface area contributed by atoms with Crippen LogP contribution in [0.25, 0.3) is 0 Å². The highest BCUT2D eigenvalue weighted by atomic mass is 32.2. The number of hydrogen-bond donors (Lipinski definition) is 2. The first-order chi connectivity index (χ1) is 7.65. The van der Waals surface area contributed by atoms with Gasteiger partial charge >= 0.3 is 0 Å². The molecule has 0 atom stereocenters. The molecule has 1 rings (SSSR count). The van der Waals surface area contributed by atoms with Crippen molar-refractivity contribution in [2.45, 2.75) is 37.8 Å². The molecule has 1 aromatic rings. The van der Waals surface area contributed by atoms with E-state index in [2.05, 4.69) is 4.72 Å². The second-order valence-corrected chi connectivity index (χ2v) is 6.45. The van der Waals surface area contributed by atoms with Gasteiger partial charge in [0.2, 0.25) is 10.0 Å². The Hall–Kier alpha value is -0.980. The summed E-state index contributed by atoms with van der Waals surface area (Å²) in [6, 6.07) is 3.33.